The number of carbonyl (C=O) groups excluding carboxylic acids is 3. The number of carbonyl (C=O) groups is 3. The van der Waals surface area contributed by atoms with E-state index in [1.165, 1.54) is 24.3 Å². The quantitative estimate of drug-likeness (QED) is 0.170. The van der Waals surface area contributed by atoms with Gasteiger partial charge in [0, 0.05) is 30.4 Å². The Balaban J connectivity index is 1.52. The Morgan fingerprint density at radius 2 is 1.86 bits per heavy atom. The van der Waals surface area contributed by atoms with Gasteiger partial charge in [0.25, 0.3) is 11.6 Å². The standard InChI is InChI=1S/C23H24N6O6S/c1-3-10-35-22(32)16-7-4-8-17(11-16)25-20(30)14-36-23-27-26-19(28(23)2)13-24-21(31)15-6-5-9-18(12-15)29(33)34/h4-9,11-12H,3,10,13-14H2,1-2H3,(H,24,31)(H,25,30). The molecule has 0 fully saturated rings. The van der Waals surface area contributed by atoms with Crippen LogP contribution >= 0.6 is 11.8 Å². The molecule has 0 aliphatic carbocycles. The van der Waals surface area contributed by atoms with Crippen LogP contribution in [0.2, 0.25) is 0 Å². The molecule has 3 rings (SSSR count). The zero-order valence-electron chi connectivity index (χ0n) is 19.6. The molecule has 2 N–H and O–H groups in total. The lowest BCUT2D eigenvalue weighted by Gasteiger charge is -2.08. The van der Waals surface area contributed by atoms with Gasteiger partial charge >= 0.3 is 5.97 Å². The number of esters is 1. The molecule has 0 aliphatic rings. The van der Waals surface area contributed by atoms with E-state index < -0.39 is 16.8 Å². The van der Waals surface area contributed by atoms with Crippen LogP contribution in [0.25, 0.3) is 0 Å². The second-order valence-corrected chi connectivity index (χ2v) is 8.44. The van der Waals surface area contributed by atoms with Gasteiger partial charge in [-0.2, -0.15) is 0 Å². The van der Waals surface area contributed by atoms with Gasteiger partial charge in [-0.3, -0.25) is 19.7 Å². The van der Waals surface area contributed by atoms with Gasteiger partial charge < -0.3 is 19.9 Å². The Morgan fingerprint density at radius 1 is 1.11 bits per heavy atom. The molecule has 12 nitrogen and oxygen atoms in total. The van der Waals surface area contributed by atoms with Gasteiger partial charge in [-0.1, -0.05) is 30.8 Å². The number of aromatic nitrogens is 3. The van der Waals surface area contributed by atoms with Crippen LogP contribution in [-0.4, -0.2) is 49.8 Å². The fourth-order valence-electron chi connectivity index (χ4n) is 2.98. The van der Waals surface area contributed by atoms with Crippen molar-refractivity contribution in [3.8, 4) is 0 Å². The third kappa shape index (κ3) is 7.12. The van der Waals surface area contributed by atoms with Gasteiger partial charge in [-0.05, 0) is 30.7 Å². The summed E-state index contributed by atoms with van der Waals surface area (Å²) in [5.41, 5.74) is 0.787. The second-order valence-electron chi connectivity index (χ2n) is 7.50. The smallest absolute Gasteiger partial charge is 0.338 e. The predicted molar refractivity (Wildman–Crippen MR) is 132 cm³/mol. The Bertz CT molecular complexity index is 1280. The number of thioether (sulfide) groups is 1. The molecule has 0 radical (unpaired) electrons. The van der Waals surface area contributed by atoms with Crippen molar-refractivity contribution in [1.29, 1.82) is 0 Å². The highest BCUT2D eigenvalue weighted by atomic mass is 32.2. The Kier molecular flexibility index (Phi) is 9.11. The number of nitrogens with one attached hydrogen (secondary N) is 2. The molecule has 0 saturated heterocycles. The number of amides is 2. The van der Waals surface area contributed by atoms with E-state index in [2.05, 4.69) is 20.8 Å². The van der Waals surface area contributed by atoms with Gasteiger partial charge in [0.1, 0.15) is 0 Å². The minimum atomic E-state index is -0.572. The summed E-state index contributed by atoms with van der Waals surface area (Å²) in [6.45, 7) is 2.26. The van der Waals surface area contributed by atoms with Gasteiger partial charge in [0.2, 0.25) is 5.91 Å². The van der Waals surface area contributed by atoms with Crippen molar-refractivity contribution in [3.05, 3.63) is 75.6 Å². The summed E-state index contributed by atoms with van der Waals surface area (Å²) in [6.07, 6.45) is 0.716. The van der Waals surface area contributed by atoms with Crippen molar-refractivity contribution in [1.82, 2.24) is 20.1 Å². The van der Waals surface area contributed by atoms with Gasteiger partial charge in [0.15, 0.2) is 11.0 Å². The van der Waals surface area contributed by atoms with Crippen LogP contribution < -0.4 is 10.6 Å². The monoisotopic (exact) mass is 512 g/mol. The molecular weight excluding hydrogens is 488 g/mol. The first kappa shape index (κ1) is 26.3. The van der Waals surface area contributed by atoms with E-state index in [1.54, 1.807) is 35.9 Å². The summed E-state index contributed by atoms with van der Waals surface area (Å²) in [7, 11) is 1.69. The molecule has 13 heteroatoms. The van der Waals surface area contributed by atoms with E-state index >= 15 is 0 Å². The van der Waals surface area contributed by atoms with Crippen LogP contribution in [-0.2, 0) is 23.1 Å². The number of ether oxygens (including phenoxy) is 1. The van der Waals surface area contributed by atoms with E-state index in [4.69, 9.17) is 4.74 Å². The third-order valence-electron chi connectivity index (χ3n) is 4.80. The highest BCUT2D eigenvalue weighted by Crippen LogP contribution is 2.18. The maximum atomic E-state index is 12.4. The molecule has 1 heterocycles. The summed E-state index contributed by atoms with van der Waals surface area (Å²) < 4.78 is 6.74. The van der Waals surface area contributed by atoms with Crippen molar-refractivity contribution < 1.29 is 24.0 Å². The molecule has 1 aromatic heterocycles. The normalized spacial score (nSPS) is 10.5. The van der Waals surface area contributed by atoms with Crippen molar-refractivity contribution in [3.63, 3.8) is 0 Å². The van der Waals surface area contributed by atoms with Gasteiger partial charge in [0.05, 0.1) is 29.4 Å². The molecule has 0 atom stereocenters. The molecule has 36 heavy (non-hydrogen) atoms. The fraction of sp³-hybridized carbons (Fsp3) is 0.261. The summed E-state index contributed by atoms with van der Waals surface area (Å²) in [6, 6.07) is 11.9. The van der Waals surface area contributed by atoms with Crippen LogP contribution in [0, 0.1) is 10.1 Å². The molecule has 188 valence electrons. The highest BCUT2D eigenvalue weighted by molar-refractivity contribution is 7.99. The first-order valence-corrected chi connectivity index (χ1v) is 11.9. The zero-order chi connectivity index (χ0) is 26.1. The number of nitrogens with zero attached hydrogens (tertiary/aromatic N) is 4. The summed E-state index contributed by atoms with van der Waals surface area (Å²) in [5.74, 6) is -0.767. The molecule has 0 spiro atoms. The number of nitro groups is 1. The second kappa shape index (κ2) is 12.4. The lowest BCUT2D eigenvalue weighted by atomic mass is 10.2. The van der Waals surface area contributed by atoms with Crippen LogP contribution in [0.15, 0.2) is 53.7 Å². The third-order valence-corrected chi connectivity index (χ3v) is 5.82. The van der Waals surface area contributed by atoms with E-state index in [1.807, 2.05) is 6.92 Å². The van der Waals surface area contributed by atoms with Crippen molar-refractivity contribution in [2.75, 3.05) is 17.7 Å². The molecule has 0 aliphatic heterocycles. The first-order valence-electron chi connectivity index (χ1n) is 10.9. The Labute approximate surface area is 210 Å². The molecule has 3 aromatic rings. The molecule has 2 amide bonds. The Morgan fingerprint density at radius 3 is 2.61 bits per heavy atom. The topological polar surface area (TPSA) is 158 Å². The summed E-state index contributed by atoms with van der Waals surface area (Å²) >= 11 is 1.15. The maximum absolute atomic E-state index is 12.4. The van der Waals surface area contributed by atoms with E-state index in [0.717, 1.165) is 11.8 Å². The van der Waals surface area contributed by atoms with Crippen LogP contribution in [0.4, 0.5) is 11.4 Å². The van der Waals surface area contributed by atoms with E-state index in [-0.39, 0.29) is 29.5 Å². The number of benzene rings is 2. The first-order chi connectivity index (χ1) is 17.3. The van der Waals surface area contributed by atoms with Crippen LogP contribution in [0.1, 0.15) is 39.9 Å². The predicted octanol–water partition coefficient (Wildman–Crippen LogP) is 2.95. The average molecular weight is 513 g/mol. The highest BCUT2D eigenvalue weighted by Gasteiger charge is 2.15. The van der Waals surface area contributed by atoms with Gasteiger partial charge in [-0.25, -0.2) is 4.79 Å². The van der Waals surface area contributed by atoms with E-state index in [9.17, 15) is 24.5 Å². The lowest BCUT2D eigenvalue weighted by Crippen LogP contribution is -2.24. The molecular formula is C23H24N6O6S. The fourth-order valence-corrected chi connectivity index (χ4v) is 3.71. The summed E-state index contributed by atoms with van der Waals surface area (Å²) in [4.78, 5) is 47.1. The molecule has 0 bridgehead atoms. The number of anilines is 1. The maximum Gasteiger partial charge on any atom is 0.338 e. The van der Waals surface area contributed by atoms with Crippen LogP contribution in [0.5, 0.6) is 0 Å². The lowest BCUT2D eigenvalue weighted by molar-refractivity contribution is -0.384. The van der Waals surface area contributed by atoms with Crippen molar-refractivity contribution in [2.24, 2.45) is 7.05 Å². The number of nitro benzene ring substituents is 1. The summed E-state index contributed by atoms with van der Waals surface area (Å²) in [5, 5.41) is 24.8. The minimum absolute atomic E-state index is 0.0382. The van der Waals surface area contributed by atoms with Crippen LogP contribution in [0.3, 0.4) is 0 Å². The van der Waals surface area contributed by atoms with Crippen molar-refractivity contribution >= 4 is 40.9 Å². The zero-order valence-corrected chi connectivity index (χ0v) is 20.4. The Hall–Kier alpha value is -4.26. The average Bonchev–Trinajstić information content (AvgIpc) is 3.23. The number of hydrogen-bond acceptors (Lipinski definition) is 9. The van der Waals surface area contributed by atoms with E-state index in [0.29, 0.717) is 35.3 Å². The molecule has 2 aromatic carbocycles. The number of hydrogen-bond donors (Lipinski definition) is 2. The number of non-ortho nitro benzene ring substituents is 1. The SMILES string of the molecule is CCCOC(=O)c1cccc(NC(=O)CSc2nnc(CNC(=O)c3cccc([N+](=O)[O-])c3)n2C)c1. The minimum Gasteiger partial charge on any atom is -0.462 e. The number of rotatable bonds is 11. The largest absolute Gasteiger partial charge is 0.462 e. The molecule has 0 unspecified atom stereocenters. The van der Waals surface area contributed by atoms with Crippen molar-refractivity contribution in [2.45, 2.75) is 25.0 Å². The molecule has 0 saturated carbocycles. The van der Waals surface area contributed by atoms with Gasteiger partial charge in [-0.15, -0.1) is 10.2 Å².